The summed E-state index contributed by atoms with van der Waals surface area (Å²) >= 11 is 0. The lowest BCUT2D eigenvalue weighted by atomic mass is 9.75. The second-order valence-electron chi connectivity index (χ2n) is 5.48. The molecule has 4 heteroatoms. The van der Waals surface area contributed by atoms with Crippen LogP contribution in [0.15, 0.2) is 24.3 Å². The molecule has 1 fully saturated rings. The monoisotopic (exact) mass is 261 g/mol. The predicted octanol–water partition coefficient (Wildman–Crippen LogP) is 3.16. The third kappa shape index (κ3) is 3.26. The smallest absolute Gasteiger partial charge is 0.319 e. The Kier molecular flexibility index (Phi) is 4.10. The number of nitrogens with one attached hydrogen (secondary N) is 2. The first-order valence-electron chi connectivity index (χ1n) is 6.99. The van der Waals surface area contributed by atoms with Gasteiger partial charge in [-0.1, -0.05) is 19.1 Å². The Labute approximate surface area is 114 Å². The average molecular weight is 261 g/mol. The van der Waals surface area contributed by atoms with E-state index in [1.54, 1.807) is 0 Å². The number of nitrogens with two attached hydrogens (primary N) is 1. The molecule has 1 aromatic rings. The number of amides is 2. The van der Waals surface area contributed by atoms with Crippen molar-refractivity contribution in [2.75, 3.05) is 5.32 Å². The van der Waals surface area contributed by atoms with Crippen LogP contribution in [0.3, 0.4) is 0 Å². The molecule has 1 aromatic carbocycles. The van der Waals surface area contributed by atoms with Gasteiger partial charge in [0.15, 0.2) is 0 Å². The lowest BCUT2D eigenvalue weighted by molar-refractivity contribution is 0.179. The van der Waals surface area contributed by atoms with Crippen LogP contribution in [0.1, 0.15) is 51.1 Å². The second kappa shape index (κ2) is 5.61. The molecule has 0 spiro atoms. The van der Waals surface area contributed by atoms with E-state index in [-0.39, 0.29) is 17.6 Å². The number of urea groups is 1. The minimum Gasteiger partial charge on any atom is -0.332 e. The fourth-order valence-corrected chi connectivity index (χ4v) is 2.44. The highest BCUT2D eigenvalue weighted by Gasteiger charge is 2.36. The summed E-state index contributed by atoms with van der Waals surface area (Å²) in [5, 5.41) is 5.97. The van der Waals surface area contributed by atoms with Crippen LogP contribution in [0, 0.1) is 0 Å². The summed E-state index contributed by atoms with van der Waals surface area (Å²) in [4.78, 5) is 12.0. The molecule has 1 aliphatic carbocycles. The van der Waals surface area contributed by atoms with Crippen molar-refractivity contribution in [1.82, 2.24) is 5.32 Å². The highest BCUT2D eigenvalue weighted by molar-refractivity contribution is 5.89. The quantitative estimate of drug-likeness (QED) is 0.779. The SMILES string of the molecule is CCC1(NC(=O)Nc2ccc(C(C)N)cc2)CCC1. The molecule has 104 valence electrons. The van der Waals surface area contributed by atoms with Crippen LogP contribution in [0.2, 0.25) is 0 Å². The summed E-state index contributed by atoms with van der Waals surface area (Å²) in [6, 6.07) is 7.56. The Morgan fingerprint density at radius 1 is 1.37 bits per heavy atom. The summed E-state index contributed by atoms with van der Waals surface area (Å²) in [5.41, 5.74) is 7.68. The van der Waals surface area contributed by atoms with Gasteiger partial charge in [0.2, 0.25) is 0 Å². The minimum absolute atomic E-state index is 0.0150. The van der Waals surface area contributed by atoms with Crippen molar-refractivity contribution in [3.8, 4) is 0 Å². The molecule has 2 rings (SSSR count). The maximum absolute atomic E-state index is 12.0. The molecular formula is C15H23N3O. The zero-order chi connectivity index (χ0) is 13.9. The van der Waals surface area contributed by atoms with Crippen molar-refractivity contribution in [2.24, 2.45) is 5.73 Å². The normalized spacial score (nSPS) is 18.3. The minimum atomic E-state index is -0.116. The standard InChI is InChI=1S/C15H23N3O/c1-3-15(9-4-10-15)18-14(19)17-13-7-5-12(6-8-13)11(2)16/h5-8,11H,3-4,9-10,16H2,1-2H3,(H2,17,18,19). The van der Waals surface area contributed by atoms with Gasteiger partial charge in [-0.15, -0.1) is 0 Å². The fraction of sp³-hybridized carbons (Fsp3) is 0.533. The lowest BCUT2D eigenvalue weighted by Crippen LogP contribution is -2.54. The Morgan fingerprint density at radius 2 is 2.00 bits per heavy atom. The van der Waals surface area contributed by atoms with Crippen molar-refractivity contribution in [3.05, 3.63) is 29.8 Å². The maximum Gasteiger partial charge on any atom is 0.319 e. The van der Waals surface area contributed by atoms with E-state index in [2.05, 4.69) is 17.6 Å². The molecule has 0 bridgehead atoms. The Bertz CT molecular complexity index is 430. The van der Waals surface area contributed by atoms with Gasteiger partial charge >= 0.3 is 6.03 Å². The van der Waals surface area contributed by atoms with Gasteiger partial charge in [-0.3, -0.25) is 0 Å². The number of carbonyl (C=O) groups excluding carboxylic acids is 1. The molecule has 1 atom stereocenters. The molecule has 1 unspecified atom stereocenters. The number of rotatable bonds is 4. The summed E-state index contributed by atoms with van der Waals surface area (Å²) in [7, 11) is 0. The van der Waals surface area contributed by atoms with Crippen molar-refractivity contribution < 1.29 is 4.79 Å². The first kappa shape index (κ1) is 13.9. The zero-order valence-electron chi connectivity index (χ0n) is 11.7. The van der Waals surface area contributed by atoms with Gasteiger partial charge in [-0.2, -0.15) is 0 Å². The van der Waals surface area contributed by atoms with Crippen LogP contribution in [-0.2, 0) is 0 Å². The number of benzene rings is 1. The van der Waals surface area contributed by atoms with Crippen molar-refractivity contribution in [2.45, 2.75) is 51.1 Å². The van der Waals surface area contributed by atoms with Gasteiger partial charge in [0.25, 0.3) is 0 Å². The van der Waals surface area contributed by atoms with Gasteiger partial charge in [-0.25, -0.2) is 4.79 Å². The molecule has 19 heavy (non-hydrogen) atoms. The van der Waals surface area contributed by atoms with Crippen LogP contribution >= 0.6 is 0 Å². The fourth-order valence-electron chi connectivity index (χ4n) is 2.44. The van der Waals surface area contributed by atoms with Gasteiger partial charge in [0.1, 0.15) is 0 Å². The van der Waals surface area contributed by atoms with Crippen molar-refractivity contribution in [3.63, 3.8) is 0 Å². The van der Waals surface area contributed by atoms with Crippen LogP contribution in [0.4, 0.5) is 10.5 Å². The van der Waals surface area contributed by atoms with E-state index in [1.807, 2.05) is 31.2 Å². The third-order valence-electron chi connectivity index (χ3n) is 4.06. The first-order valence-corrected chi connectivity index (χ1v) is 6.99. The van der Waals surface area contributed by atoms with E-state index in [0.29, 0.717) is 0 Å². The van der Waals surface area contributed by atoms with E-state index in [9.17, 15) is 4.79 Å². The zero-order valence-corrected chi connectivity index (χ0v) is 11.7. The highest BCUT2D eigenvalue weighted by Crippen LogP contribution is 2.34. The molecular weight excluding hydrogens is 238 g/mol. The van der Waals surface area contributed by atoms with E-state index < -0.39 is 0 Å². The van der Waals surface area contributed by atoms with Gasteiger partial charge < -0.3 is 16.4 Å². The maximum atomic E-state index is 12.0. The summed E-state index contributed by atoms with van der Waals surface area (Å²) < 4.78 is 0. The molecule has 0 aliphatic heterocycles. The highest BCUT2D eigenvalue weighted by atomic mass is 16.2. The number of carbonyl (C=O) groups is 1. The van der Waals surface area contributed by atoms with Gasteiger partial charge in [0.05, 0.1) is 0 Å². The molecule has 1 saturated carbocycles. The van der Waals surface area contributed by atoms with Gasteiger partial charge in [-0.05, 0) is 50.3 Å². The van der Waals surface area contributed by atoms with Crippen LogP contribution < -0.4 is 16.4 Å². The molecule has 0 radical (unpaired) electrons. The average Bonchev–Trinajstić information content (AvgIpc) is 2.34. The summed E-state index contributed by atoms with van der Waals surface area (Å²) in [6.45, 7) is 4.06. The topological polar surface area (TPSA) is 67.2 Å². The molecule has 2 amide bonds. The van der Waals surface area contributed by atoms with Gasteiger partial charge in [0, 0.05) is 17.3 Å². The molecule has 4 nitrogen and oxygen atoms in total. The van der Waals surface area contributed by atoms with Crippen molar-refractivity contribution >= 4 is 11.7 Å². The summed E-state index contributed by atoms with van der Waals surface area (Å²) in [6.07, 6.45) is 4.36. The molecule has 1 aliphatic rings. The summed E-state index contributed by atoms with van der Waals surface area (Å²) in [5.74, 6) is 0. The molecule has 0 heterocycles. The predicted molar refractivity (Wildman–Crippen MR) is 78.1 cm³/mol. The lowest BCUT2D eigenvalue weighted by Gasteiger charge is -2.41. The molecule has 0 aromatic heterocycles. The third-order valence-corrected chi connectivity index (χ3v) is 4.06. The number of hydrogen-bond acceptors (Lipinski definition) is 2. The van der Waals surface area contributed by atoms with E-state index in [1.165, 1.54) is 6.42 Å². The van der Waals surface area contributed by atoms with Crippen LogP contribution in [0.25, 0.3) is 0 Å². The van der Waals surface area contributed by atoms with E-state index in [0.717, 1.165) is 30.5 Å². The largest absolute Gasteiger partial charge is 0.332 e. The number of anilines is 1. The van der Waals surface area contributed by atoms with E-state index in [4.69, 9.17) is 5.73 Å². The Hall–Kier alpha value is -1.55. The van der Waals surface area contributed by atoms with Crippen molar-refractivity contribution in [1.29, 1.82) is 0 Å². The van der Waals surface area contributed by atoms with Crippen LogP contribution in [-0.4, -0.2) is 11.6 Å². The number of hydrogen-bond donors (Lipinski definition) is 3. The first-order chi connectivity index (χ1) is 9.04. The molecule has 4 N–H and O–H groups in total. The Balaban J connectivity index is 1.91. The second-order valence-corrected chi connectivity index (χ2v) is 5.48. The molecule has 0 saturated heterocycles. The Morgan fingerprint density at radius 3 is 2.42 bits per heavy atom. The van der Waals surface area contributed by atoms with E-state index >= 15 is 0 Å². The van der Waals surface area contributed by atoms with Crippen LogP contribution in [0.5, 0.6) is 0 Å².